The van der Waals surface area contributed by atoms with Crippen molar-refractivity contribution in [3.63, 3.8) is 0 Å². The average molecular weight is 607 g/mol. The average Bonchev–Trinajstić information content (AvgIpc) is 3.65. The minimum Gasteiger partial charge on any atom is -0.416 e. The van der Waals surface area contributed by atoms with Gasteiger partial charge in [-0.2, -0.15) is 0 Å². The summed E-state index contributed by atoms with van der Waals surface area (Å²) in [4.78, 5) is 4.51. The van der Waals surface area contributed by atoms with E-state index in [0.717, 1.165) is 50.6 Å². The maximum absolute atomic E-state index is 6.14. The summed E-state index contributed by atoms with van der Waals surface area (Å²) >= 11 is 0. The van der Waals surface area contributed by atoms with Gasteiger partial charge in [0.25, 0.3) is 0 Å². The number of anilines is 6. The van der Waals surface area contributed by atoms with E-state index in [1.54, 1.807) is 0 Å². The molecule has 0 bridgehead atoms. The first-order valence-electron chi connectivity index (χ1n) is 15.6. The molecule has 0 radical (unpaired) electrons. The number of benzene rings is 7. The molecule has 0 fully saturated rings. The molecular formula is C42H30N4O. The highest BCUT2D eigenvalue weighted by molar-refractivity contribution is 5.86. The van der Waals surface area contributed by atoms with Crippen molar-refractivity contribution in [1.82, 2.24) is 10.2 Å². The second kappa shape index (κ2) is 12.5. The molecule has 7 aromatic carbocycles. The molecule has 8 rings (SSSR count). The Labute approximate surface area is 273 Å². The highest BCUT2D eigenvalue weighted by Crippen LogP contribution is 2.39. The lowest BCUT2D eigenvalue weighted by Crippen LogP contribution is -2.12. The molecule has 0 aliphatic rings. The highest BCUT2D eigenvalue weighted by Gasteiger charge is 2.17. The molecule has 0 aliphatic carbocycles. The molecular weight excluding hydrogens is 576 g/mol. The van der Waals surface area contributed by atoms with E-state index in [4.69, 9.17) is 4.42 Å². The van der Waals surface area contributed by atoms with Crippen molar-refractivity contribution < 1.29 is 4.42 Å². The zero-order chi connectivity index (χ0) is 31.4. The highest BCUT2D eigenvalue weighted by atomic mass is 16.4. The van der Waals surface area contributed by atoms with Crippen LogP contribution < -0.4 is 9.80 Å². The van der Waals surface area contributed by atoms with E-state index in [-0.39, 0.29) is 0 Å². The molecule has 1 aromatic heterocycles. The third-order valence-electron chi connectivity index (χ3n) is 8.20. The summed E-state index contributed by atoms with van der Waals surface area (Å²) in [7, 11) is 0. The minimum absolute atomic E-state index is 0.484. The van der Waals surface area contributed by atoms with Crippen molar-refractivity contribution in [2.75, 3.05) is 9.80 Å². The largest absolute Gasteiger partial charge is 0.416 e. The summed E-state index contributed by atoms with van der Waals surface area (Å²) in [5.74, 6) is 0.984. The Morgan fingerprint density at radius 2 is 0.681 bits per heavy atom. The lowest BCUT2D eigenvalue weighted by atomic mass is 10.1. The fraction of sp³-hybridized carbons (Fsp3) is 0. The van der Waals surface area contributed by atoms with Gasteiger partial charge in [0.05, 0.1) is 0 Å². The SMILES string of the molecule is c1ccc(N(c2ccccc2)c2ccc(N(c3ccccc3)c3ccc(-c4nnc(-c5ccc6ccccc6c5)o4)cc3)cc2)cc1. The third-order valence-corrected chi connectivity index (χ3v) is 8.20. The van der Waals surface area contributed by atoms with Crippen molar-refractivity contribution in [3.8, 4) is 22.9 Å². The number of hydrogen-bond donors (Lipinski definition) is 0. The normalized spacial score (nSPS) is 11.0. The number of hydrogen-bond acceptors (Lipinski definition) is 5. The van der Waals surface area contributed by atoms with Crippen LogP contribution in [0.1, 0.15) is 0 Å². The van der Waals surface area contributed by atoms with Gasteiger partial charge in [-0.3, -0.25) is 0 Å². The van der Waals surface area contributed by atoms with Crippen LogP contribution in [0.3, 0.4) is 0 Å². The molecule has 0 atom stereocenters. The molecule has 0 saturated heterocycles. The van der Waals surface area contributed by atoms with E-state index < -0.39 is 0 Å². The second-order valence-corrected chi connectivity index (χ2v) is 11.2. The van der Waals surface area contributed by atoms with Gasteiger partial charge in [-0.1, -0.05) is 84.9 Å². The third kappa shape index (κ3) is 5.74. The van der Waals surface area contributed by atoms with Crippen LogP contribution in [0.5, 0.6) is 0 Å². The molecule has 1 heterocycles. The number of nitrogens with zero attached hydrogens (tertiary/aromatic N) is 4. The molecule has 0 amide bonds. The van der Waals surface area contributed by atoms with Crippen LogP contribution in [0.4, 0.5) is 34.1 Å². The summed E-state index contributed by atoms with van der Waals surface area (Å²) in [6.07, 6.45) is 0. The molecule has 0 N–H and O–H groups in total. The fourth-order valence-corrected chi connectivity index (χ4v) is 5.91. The Kier molecular flexibility index (Phi) is 7.46. The quantitative estimate of drug-likeness (QED) is 0.172. The Hall–Kier alpha value is -6.46. The van der Waals surface area contributed by atoms with Gasteiger partial charge < -0.3 is 14.2 Å². The first-order chi connectivity index (χ1) is 23.3. The molecule has 0 unspecified atom stereocenters. The number of fused-ring (bicyclic) bond motifs is 1. The lowest BCUT2D eigenvalue weighted by Gasteiger charge is -2.28. The van der Waals surface area contributed by atoms with E-state index in [1.165, 1.54) is 5.39 Å². The van der Waals surface area contributed by atoms with E-state index in [0.29, 0.717) is 11.8 Å². The van der Waals surface area contributed by atoms with Crippen LogP contribution in [0.25, 0.3) is 33.7 Å². The molecule has 224 valence electrons. The first kappa shape index (κ1) is 28.0. The number of rotatable bonds is 8. The van der Waals surface area contributed by atoms with Gasteiger partial charge in [-0.15, -0.1) is 10.2 Å². The molecule has 5 nitrogen and oxygen atoms in total. The van der Waals surface area contributed by atoms with E-state index in [9.17, 15) is 0 Å². The Morgan fingerprint density at radius 3 is 1.17 bits per heavy atom. The summed E-state index contributed by atoms with van der Waals surface area (Å²) in [5, 5.41) is 11.0. The van der Waals surface area contributed by atoms with Crippen LogP contribution in [-0.2, 0) is 0 Å². The zero-order valence-electron chi connectivity index (χ0n) is 25.5. The summed E-state index contributed by atoms with van der Waals surface area (Å²) in [5.41, 5.74) is 8.17. The van der Waals surface area contributed by atoms with Crippen LogP contribution in [-0.4, -0.2) is 10.2 Å². The van der Waals surface area contributed by atoms with Gasteiger partial charge in [-0.05, 0) is 108 Å². The summed E-state index contributed by atoms with van der Waals surface area (Å²) in [6.45, 7) is 0. The molecule has 5 heteroatoms. The Morgan fingerprint density at radius 1 is 0.319 bits per heavy atom. The topological polar surface area (TPSA) is 45.4 Å². The predicted molar refractivity (Wildman–Crippen MR) is 192 cm³/mol. The van der Waals surface area contributed by atoms with Crippen LogP contribution in [0.2, 0.25) is 0 Å². The van der Waals surface area contributed by atoms with Gasteiger partial charge in [0, 0.05) is 45.3 Å². The minimum atomic E-state index is 0.484. The van der Waals surface area contributed by atoms with E-state index >= 15 is 0 Å². The van der Waals surface area contributed by atoms with E-state index in [2.05, 4.69) is 153 Å². The van der Waals surface area contributed by atoms with Crippen LogP contribution in [0.15, 0.2) is 186 Å². The Bertz CT molecular complexity index is 2190. The molecule has 8 aromatic rings. The van der Waals surface area contributed by atoms with Gasteiger partial charge in [0.2, 0.25) is 11.8 Å². The lowest BCUT2D eigenvalue weighted by molar-refractivity contribution is 0.584. The van der Waals surface area contributed by atoms with Crippen molar-refractivity contribution in [2.45, 2.75) is 0 Å². The summed E-state index contributed by atoms with van der Waals surface area (Å²) in [6, 6.07) is 62.6. The standard InChI is InChI=1S/C42H30N4O/c1-4-14-35(15-5-1)45(36-16-6-2-7-17-36)39-26-28-40(29-27-39)46(37-18-8-3-9-19-37)38-24-22-32(23-25-38)41-43-44-42(47-41)34-21-20-31-12-10-11-13-33(31)30-34/h1-30H. The van der Waals surface area contributed by atoms with Crippen molar-refractivity contribution in [3.05, 3.63) is 182 Å². The second-order valence-electron chi connectivity index (χ2n) is 11.2. The molecule has 47 heavy (non-hydrogen) atoms. The zero-order valence-corrected chi connectivity index (χ0v) is 25.5. The summed E-state index contributed by atoms with van der Waals surface area (Å²) < 4.78 is 6.14. The van der Waals surface area contributed by atoms with Crippen molar-refractivity contribution in [1.29, 1.82) is 0 Å². The number of para-hydroxylation sites is 3. The fourth-order valence-electron chi connectivity index (χ4n) is 5.91. The molecule has 0 spiro atoms. The van der Waals surface area contributed by atoms with E-state index in [1.807, 2.05) is 48.5 Å². The van der Waals surface area contributed by atoms with Crippen molar-refractivity contribution >= 4 is 44.9 Å². The smallest absolute Gasteiger partial charge is 0.248 e. The number of aromatic nitrogens is 2. The maximum Gasteiger partial charge on any atom is 0.248 e. The van der Waals surface area contributed by atoms with Crippen LogP contribution in [0, 0.1) is 0 Å². The van der Waals surface area contributed by atoms with Gasteiger partial charge in [0.15, 0.2) is 0 Å². The van der Waals surface area contributed by atoms with Crippen molar-refractivity contribution in [2.24, 2.45) is 0 Å². The molecule has 0 saturated carbocycles. The predicted octanol–water partition coefficient (Wildman–Crippen LogP) is 11.5. The van der Waals surface area contributed by atoms with Crippen LogP contribution >= 0.6 is 0 Å². The first-order valence-corrected chi connectivity index (χ1v) is 15.6. The van der Waals surface area contributed by atoms with Gasteiger partial charge in [0.1, 0.15) is 0 Å². The monoisotopic (exact) mass is 606 g/mol. The Balaban J connectivity index is 1.11. The van der Waals surface area contributed by atoms with Gasteiger partial charge in [-0.25, -0.2) is 0 Å². The maximum atomic E-state index is 6.14. The van der Waals surface area contributed by atoms with Gasteiger partial charge >= 0.3 is 0 Å². The molecule has 0 aliphatic heterocycles.